The lowest BCUT2D eigenvalue weighted by molar-refractivity contribution is -0.148. The molecule has 0 unspecified atom stereocenters. The molecule has 0 fully saturated rings. The molecule has 0 spiro atoms. The Balaban J connectivity index is 1.89. The molecule has 1 amide bonds. The molecule has 0 saturated heterocycles. The molecule has 0 atom stereocenters. The first kappa shape index (κ1) is 20.2. The van der Waals surface area contributed by atoms with E-state index in [0.717, 1.165) is 0 Å². The smallest absolute Gasteiger partial charge is 0.306 e. The minimum atomic E-state index is -0.514. The van der Waals surface area contributed by atoms with Gasteiger partial charge in [-0.15, -0.1) is 0 Å². The number of amides is 1. The van der Waals surface area contributed by atoms with E-state index >= 15 is 0 Å². The monoisotopic (exact) mass is 377 g/mol. The third kappa shape index (κ3) is 5.98. The first-order valence-corrected chi connectivity index (χ1v) is 8.43. The summed E-state index contributed by atoms with van der Waals surface area (Å²) in [4.78, 5) is 27.4. The van der Waals surface area contributed by atoms with Crippen LogP contribution >= 0.6 is 0 Å². The van der Waals surface area contributed by atoms with E-state index in [1.807, 2.05) is 13.8 Å². The average molecular weight is 377 g/mol. The first-order valence-electron chi connectivity index (χ1n) is 8.43. The molecule has 0 aliphatic heterocycles. The highest BCUT2D eigenvalue weighted by molar-refractivity contribution is 5.80. The van der Waals surface area contributed by atoms with Crippen molar-refractivity contribution in [1.29, 1.82) is 0 Å². The maximum atomic E-state index is 11.7. The van der Waals surface area contributed by atoms with E-state index in [9.17, 15) is 9.59 Å². The summed E-state index contributed by atoms with van der Waals surface area (Å²) in [7, 11) is 3.09. The number of hydrogen-bond donors (Lipinski definition) is 1. The predicted octanol–water partition coefficient (Wildman–Crippen LogP) is 1.75. The number of aryl methyl sites for hydroxylation is 1. The van der Waals surface area contributed by atoms with Crippen LogP contribution in [0.3, 0.4) is 0 Å². The highest BCUT2D eigenvalue weighted by atomic mass is 16.5. The number of ether oxygens (including phenoxy) is 3. The minimum Gasteiger partial charge on any atom is -0.493 e. The van der Waals surface area contributed by atoms with Crippen molar-refractivity contribution in [1.82, 2.24) is 15.5 Å². The fourth-order valence-corrected chi connectivity index (χ4v) is 2.24. The van der Waals surface area contributed by atoms with Crippen LogP contribution in [0.1, 0.15) is 26.2 Å². The van der Waals surface area contributed by atoms with Gasteiger partial charge in [-0.25, -0.2) is 0 Å². The second kappa shape index (κ2) is 9.56. The molecule has 2 aromatic rings. The summed E-state index contributed by atoms with van der Waals surface area (Å²) < 4.78 is 20.5. The molecule has 27 heavy (non-hydrogen) atoms. The van der Waals surface area contributed by atoms with E-state index in [-0.39, 0.29) is 31.4 Å². The molecular weight excluding hydrogens is 354 g/mol. The maximum absolute atomic E-state index is 11.7. The van der Waals surface area contributed by atoms with Crippen LogP contribution in [-0.2, 0) is 20.7 Å². The summed E-state index contributed by atoms with van der Waals surface area (Å²) in [5.41, 5.74) is 0.690. The number of carbonyl (C=O) groups is 2. The molecule has 0 bridgehead atoms. The summed E-state index contributed by atoms with van der Waals surface area (Å²) in [5.74, 6) is 0.949. The normalized spacial score (nSPS) is 10.6. The highest BCUT2D eigenvalue weighted by Gasteiger charge is 2.14. The molecule has 1 heterocycles. The van der Waals surface area contributed by atoms with E-state index in [1.54, 1.807) is 25.3 Å². The summed E-state index contributed by atoms with van der Waals surface area (Å²) >= 11 is 0. The van der Waals surface area contributed by atoms with Crippen molar-refractivity contribution in [3.8, 4) is 22.9 Å². The number of esters is 1. The Morgan fingerprint density at radius 1 is 1.19 bits per heavy atom. The number of nitrogens with zero attached hydrogens (tertiary/aromatic N) is 2. The van der Waals surface area contributed by atoms with Crippen LogP contribution in [0.15, 0.2) is 22.7 Å². The molecule has 2 rings (SSSR count). The molecule has 9 heteroatoms. The van der Waals surface area contributed by atoms with Crippen LogP contribution in [0.25, 0.3) is 11.4 Å². The van der Waals surface area contributed by atoms with Crippen LogP contribution in [0, 0.1) is 0 Å². The SMILES string of the molecule is COc1ccc(-c2noc(CCC(=O)OCC(=O)NC(C)C)n2)cc1OC. The van der Waals surface area contributed by atoms with Gasteiger partial charge in [-0.05, 0) is 32.0 Å². The molecule has 0 saturated carbocycles. The average Bonchev–Trinajstić information content (AvgIpc) is 3.12. The van der Waals surface area contributed by atoms with Gasteiger partial charge in [0.25, 0.3) is 5.91 Å². The van der Waals surface area contributed by atoms with E-state index in [2.05, 4.69) is 15.5 Å². The van der Waals surface area contributed by atoms with Crippen LogP contribution in [0.4, 0.5) is 0 Å². The van der Waals surface area contributed by atoms with Crippen molar-refractivity contribution in [2.75, 3.05) is 20.8 Å². The number of rotatable bonds is 9. The molecule has 1 N–H and O–H groups in total. The minimum absolute atomic E-state index is 0.00963. The Morgan fingerprint density at radius 2 is 1.93 bits per heavy atom. The van der Waals surface area contributed by atoms with Gasteiger partial charge in [0.05, 0.1) is 20.6 Å². The lowest BCUT2D eigenvalue weighted by Gasteiger charge is -2.08. The first-order chi connectivity index (χ1) is 12.9. The second-order valence-corrected chi connectivity index (χ2v) is 5.96. The zero-order valence-corrected chi connectivity index (χ0v) is 15.8. The van der Waals surface area contributed by atoms with Gasteiger partial charge in [-0.1, -0.05) is 5.16 Å². The van der Waals surface area contributed by atoms with Crippen molar-refractivity contribution in [3.63, 3.8) is 0 Å². The second-order valence-electron chi connectivity index (χ2n) is 5.96. The number of benzene rings is 1. The fourth-order valence-electron chi connectivity index (χ4n) is 2.24. The van der Waals surface area contributed by atoms with Gasteiger partial charge in [0.15, 0.2) is 18.1 Å². The molecule has 1 aromatic carbocycles. The van der Waals surface area contributed by atoms with E-state index in [1.165, 1.54) is 7.11 Å². The van der Waals surface area contributed by atoms with Crippen molar-refractivity contribution >= 4 is 11.9 Å². The van der Waals surface area contributed by atoms with Gasteiger partial charge in [-0.3, -0.25) is 9.59 Å². The predicted molar refractivity (Wildman–Crippen MR) is 95.4 cm³/mol. The summed E-state index contributed by atoms with van der Waals surface area (Å²) in [5, 5.41) is 6.54. The lowest BCUT2D eigenvalue weighted by Crippen LogP contribution is -2.34. The Bertz CT molecular complexity index is 787. The standard InChI is InChI=1S/C18H23N3O6/c1-11(2)19-15(22)10-26-17(23)8-7-16-20-18(21-27-16)12-5-6-13(24-3)14(9-12)25-4/h5-6,9,11H,7-8,10H2,1-4H3,(H,19,22). The van der Waals surface area contributed by atoms with Gasteiger partial charge in [0.1, 0.15) is 0 Å². The van der Waals surface area contributed by atoms with Crippen molar-refractivity contribution in [3.05, 3.63) is 24.1 Å². The van der Waals surface area contributed by atoms with Crippen LogP contribution in [0.5, 0.6) is 11.5 Å². The topological polar surface area (TPSA) is 113 Å². The number of hydrogen-bond acceptors (Lipinski definition) is 8. The summed E-state index contributed by atoms with van der Waals surface area (Å²) in [6, 6.07) is 5.24. The van der Waals surface area contributed by atoms with E-state index in [0.29, 0.717) is 28.8 Å². The molecule has 0 radical (unpaired) electrons. The van der Waals surface area contributed by atoms with Crippen molar-refractivity contribution < 1.29 is 28.3 Å². The van der Waals surface area contributed by atoms with Crippen molar-refractivity contribution in [2.24, 2.45) is 0 Å². The third-order valence-corrected chi connectivity index (χ3v) is 3.47. The summed E-state index contributed by atoms with van der Waals surface area (Å²) in [6.07, 6.45) is 0.244. The van der Waals surface area contributed by atoms with Crippen LogP contribution in [-0.4, -0.2) is 48.9 Å². The van der Waals surface area contributed by atoms with Gasteiger partial charge in [0.2, 0.25) is 11.7 Å². The molecule has 0 aliphatic rings. The Labute approximate surface area is 157 Å². The number of methoxy groups -OCH3 is 2. The number of carbonyl (C=O) groups excluding carboxylic acids is 2. The van der Waals surface area contributed by atoms with Crippen molar-refractivity contribution in [2.45, 2.75) is 32.7 Å². The van der Waals surface area contributed by atoms with Gasteiger partial charge < -0.3 is 24.1 Å². The number of nitrogens with one attached hydrogen (secondary N) is 1. The molecule has 1 aromatic heterocycles. The Kier molecular flexibility index (Phi) is 7.16. The van der Waals surface area contributed by atoms with Gasteiger partial charge >= 0.3 is 5.97 Å². The highest BCUT2D eigenvalue weighted by Crippen LogP contribution is 2.31. The molecule has 0 aliphatic carbocycles. The third-order valence-electron chi connectivity index (χ3n) is 3.47. The number of aromatic nitrogens is 2. The largest absolute Gasteiger partial charge is 0.493 e. The fraction of sp³-hybridized carbons (Fsp3) is 0.444. The summed E-state index contributed by atoms with van der Waals surface area (Å²) in [6.45, 7) is 3.34. The van der Waals surface area contributed by atoms with E-state index in [4.69, 9.17) is 18.7 Å². The van der Waals surface area contributed by atoms with Gasteiger partial charge in [-0.2, -0.15) is 4.98 Å². The molecule has 146 valence electrons. The van der Waals surface area contributed by atoms with Crippen LogP contribution < -0.4 is 14.8 Å². The van der Waals surface area contributed by atoms with Gasteiger partial charge in [0, 0.05) is 18.0 Å². The van der Waals surface area contributed by atoms with E-state index < -0.39 is 5.97 Å². The van der Waals surface area contributed by atoms with Crippen LogP contribution in [0.2, 0.25) is 0 Å². The zero-order valence-electron chi connectivity index (χ0n) is 15.8. The molecular formula is C18H23N3O6. The Morgan fingerprint density at radius 3 is 2.59 bits per heavy atom. The molecule has 9 nitrogen and oxygen atoms in total. The zero-order chi connectivity index (χ0) is 19.8. The quantitative estimate of drug-likeness (QED) is 0.658. The lowest BCUT2D eigenvalue weighted by atomic mass is 10.2. The Hall–Kier alpha value is -3.10. The maximum Gasteiger partial charge on any atom is 0.306 e.